The highest BCUT2D eigenvalue weighted by Crippen LogP contribution is 2.22. The van der Waals surface area contributed by atoms with Gasteiger partial charge in [0, 0.05) is 31.4 Å². The van der Waals surface area contributed by atoms with Crippen LogP contribution < -0.4 is 0 Å². The SMILES string of the molecule is COC(=O)c1cn(C2CCN(CCc3csc(C)n3)CC2)nn1. The largest absolute Gasteiger partial charge is 0.464 e. The molecule has 1 aliphatic rings. The Bertz CT molecular complexity index is 660. The van der Waals surface area contributed by atoms with Crippen LogP contribution in [0.4, 0.5) is 0 Å². The summed E-state index contributed by atoms with van der Waals surface area (Å²) in [5.41, 5.74) is 1.46. The quantitative estimate of drug-likeness (QED) is 0.775. The van der Waals surface area contributed by atoms with Crippen LogP contribution in [0.15, 0.2) is 11.6 Å². The first-order valence-corrected chi connectivity index (χ1v) is 8.67. The molecule has 0 bridgehead atoms. The molecule has 23 heavy (non-hydrogen) atoms. The summed E-state index contributed by atoms with van der Waals surface area (Å²) in [6.07, 6.45) is 4.72. The molecule has 0 unspecified atom stereocenters. The number of methoxy groups -OCH3 is 1. The number of esters is 1. The average Bonchev–Trinajstić information content (AvgIpc) is 3.22. The van der Waals surface area contributed by atoms with Gasteiger partial charge in [-0.25, -0.2) is 14.5 Å². The van der Waals surface area contributed by atoms with Crippen LogP contribution in [-0.2, 0) is 11.2 Å². The number of aromatic nitrogens is 4. The lowest BCUT2D eigenvalue weighted by Gasteiger charge is -2.31. The summed E-state index contributed by atoms with van der Waals surface area (Å²) in [5.74, 6) is -0.438. The van der Waals surface area contributed by atoms with E-state index in [1.54, 1.807) is 22.2 Å². The molecule has 1 aliphatic heterocycles. The zero-order chi connectivity index (χ0) is 16.2. The highest BCUT2D eigenvalue weighted by Gasteiger charge is 2.22. The van der Waals surface area contributed by atoms with Crippen LogP contribution in [0.5, 0.6) is 0 Å². The number of hydrogen-bond acceptors (Lipinski definition) is 7. The lowest BCUT2D eigenvalue weighted by Crippen LogP contribution is -2.36. The standard InChI is InChI=1S/C15H21N5O2S/c1-11-16-12(10-23-11)3-6-19-7-4-13(5-8-19)20-9-14(17-18-20)15(21)22-2/h9-10,13H,3-8H2,1-2H3. The van der Waals surface area contributed by atoms with E-state index in [2.05, 4.69) is 30.3 Å². The normalized spacial score (nSPS) is 16.6. The van der Waals surface area contributed by atoms with Crippen LogP contribution in [0.1, 0.15) is 40.1 Å². The van der Waals surface area contributed by atoms with Crippen molar-refractivity contribution in [2.24, 2.45) is 0 Å². The maximum absolute atomic E-state index is 11.4. The number of aryl methyl sites for hydroxylation is 1. The zero-order valence-electron chi connectivity index (χ0n) is 13.4. The van der Waals surface area contributed by atoms with Gasteiger partial charge in [0.05, 0.1) is 30.1 Å². The molecule has 0 N–H and O–H groups in total. The molecule has 2 aromatic heterocycles. The molecular weight excluding hydrogens is 314 g/mol. The number of ether oxygens (including phenoxy) is 1. The molecule has 7 nitrogen and oxygen atoms in total. The van der Waals surface area contributed by atoms with Gasteiger partial charge >= 0.3 is 5.97 Å². The van der Waals surface area contributed by atoms with Crippen molar-refractivity contribution in [3.8, 4) is 0 Å². The Labute approximate surface area is 139 Å². The fourth-order valence-corrected chi connectivity index (χ4v) is 3.50. The van der Waals surface area contributed by atoms with Gasteiger partial charge in [0.1, 0.15) is 0 Å². The number of carbonyl (C=O) groups excluding carboxylic acids is 1. The number of nitrogens with zero attached hydrogens (tertiary/aromatic N) is 5. The smallest absolute Gasteiger partial charge is 0.360 e. The fourth-order valence-electron chi connectivity index (χ4n) is 2.86. The summed E-state index contributed by atoms with van der Waals surface area (Å²) in [7, 11) is 1.35. The Kier molecular flexibility index (Phi) is 5.02. The molecule has 8 heteroatoms. The van der Waals surface area contributed by atoms with E-state index < -0.39 is 5.97 Å². The Balaban J connectivity index is 1.48. The number of rotatable bonds is 5. The average molecular weight is 335 g/mol. The molecular formula is C15H21N5O2S. The molecule has 0 atom stereocenters. The number of piperidine rings is 1. The summed E-state index contributed by atoms with van der Waals surface area (Å²) in [4.78, 5) is 18.4. The summed E-state index contributed by atoms with van der Waals surface area (Å²) in [5, 5.41) is 11.2. The first-order chi connectivity index (χ1) is 11.2. The van der Waals surface area contributed by atoms with Gasteiger partial charge in [-0.2, -0.15) is 0 Å². The van der Waals surface area contributed by atoms with E-state index in [1.807, 2.05) is 6.92 Å². The molecule has 1 saturated heterocycles. The van der Waals surface area contributed by atoms with Crippen LogP contribution in [0.3, 0.4) is 0 Å². The summed E-state index contributed by atoms with van der Waals surface area (Å²) >= 11 is 1.71. The Morgan fingerprint density at radius 1 is 1.43 bits per heavy atom. The number of thiazole rings is 1. The van der Waals surface area contributed by atoms with Gasteiger partial charge in [-0.1, -0.05) is 5.21 Å². The van der Waals surface area contributed by atoms with Crippen molar-refractivity contribution in [3.63, 3.8) is 0 Å². The molecule has 0 amide bonds. The first kappa shape index (κ1) is 16.1. The number of carbonyl (C=O) groups is 1. The monoisotopic (exact) mass is 335 g/mol. The molecule has 0 spiro atoms. The van der Waals surface area contributed by atoms with Crippen molar-refractivity contribution >= 4 is 17.3 Å². The predicted molar refractivity (Wildman–Crippen MR) is 86.6 cm³/mol. The highest BCUT2D eigenvalue weighted by molar-refractivity contribution is 7.09. The van der Waals surface area contributed by atoms with E-state index in [1.165, 1.54) is 12.8 Å². The number of hydrogen-bond donors (Lipinski definition) is 0. The third kappa shape index (κ3) is 3.94. The van der Waals surface area contributed by atoms with E-state index in [-0.39, 0.29) is 5.69 Å². The molecule has 1 fully saturated rings. The summed E-state index contributed by atoms with van der Waals surface area (Å²) in [6, 6.07) is 0.304. The maximum Gasteiger partial charge on any atom is 0.360 e. The molecule has 0 aliphatic carbocycles. The van der Waals surface area contributed by atoms with E-state index in [0.29, 0.717) is 6.04 Å². The molecule has 3 rings (SSSR count). The van der Waals surface area contributed by atoms with E-state index >= 15 is 0 Å². The van der Waals surface area contributed by atoms with Crippen molar-refractivity contribution in [1.29, 1.82) is 0 Å². The second kappa shape index (κ2) is 7.18. The van der Waals surface area contributed by atoms with Gasteiger partial charge in [-0.15, -0.1) is 16.4 Å². The minimum Gasteiger partial charge on any atom is -0.464 e. The van der Waals surface area contributed by atoms with Gasteiger partial charge in [0.25, 0.3) is 0 Å². The Morgan fingerprint density at radius 2 is 2.22 bits per heavy atom. The summed E-state index contributed by atoms with van der Waals surface area (Å²) < 4.78 is 6.46. The summed E-state index contributed by atoms with van der Waals surface area (Å²) in [6.45, 7) is 5.14. The van der Waals surface area contributed by atoms with Crippen molar-refractivity contribution < 1.29 is 9.53 Å². The van der Waals surface area contributed by atoms with E-state index in [9.17, 15) is 4.79 Å². The van der Waals surface area contributed by atoms with E-state index in [0.717, 1.165) is 43.9 Å². The van der Waals surface area contributed by atoms with Crippen molar-refractivity contribution in [2.75, 3.05) is 26.7 Å². The van der Waals surface area contributed by atoms with Crippen LogP contribution in [0.2, 0.25) is 0 Å². The van der Waals surface area contributed by atoms with Crippen molar-refractivity contribution in [3.05, 3.63) is 28.0 Å². The second-order valence-electron chi connectivity index (χ2n) is 5.76. The van der Waals surface area contributed by atoms with E-state index in [4.69, 9.17) is 0 Å². The van der Waals surface area contributed by atoms with Crippen LogP contribution in [-0.4, -0.2) is 57.6 Å². The van der Waals surface area contributed by atoms with Crippen LogP contribution in [0, 0.1) is 6.92 Å². The lowest BCUT2D eigenvalue weighted by atomic mass is 10.1. The minimum absolute atomic E-state index is 0.272. The minimum atomic E-state index is -0.438. The molecule has 0 radical (unpaired) electrons. The van der Waals surface area contributed by atoms with Gasteiger partial charge in [0.2, 0.25) is 0 Å². The van der Waals surface area contributed by atoms with Gasteiger partial charge in [-0.05, 0) is 19.8 Å². The Morgan fingerprint density at radius 3 is 2.87 bits per heavy atom. The first-order valence-electron chi connectivity index (χ1n) is 7.79. The maximum atomic E-state index is 11.4. The topological polar surface area (TPSA) is 73.1 Å². The number of likely N-dealkylation sites (tertiary alicyclic amines) is 1. The molecule has 124 valence electrons. The molecule has 0 saturated carbocycles. The second-order valence-corrected chi connectivity index (χ2v) is 6.82. The third-order valence-electron chi connectivity index (χ3n) is 4.19. The van der Waals surface area contributed by atoms with Gasteiger partial charge in [-0.3, -0.25) is 0 Å². The highest BCUT2D eigenvalue weighted by atomic mass is 32.1. The zero-order valence-corrected chi connectivity index (χ0v) is 14.3. The Hall–Kier alpha value is -1.80. The van der Waals surface area contributed by atoms with Crippen molar-refractivity contribution in [1.82, 2.24) is 24.9 Å². The molecule has 3 heterocycles. The van der Waals surface area contributed by atoms with Gasteiger partial charge in [0.15, 0.2) is 5.69 Å². The van der Waals surface area contributed by atoms with Crippen LogP contribution in [0.25, 0.3) is 0 Å². The van der Waals surface area contributed by atoms with Crippen molar-refractivity contribution in [2.45, 2.75) is 32.2 Å². The lowest BCUT2D eigenvalue weighted by molar-refractivity contribution is 0.0594. The molecule has 0 aromatic carbocycles. The van der Waals surface area contributed by atoms with Crippen LogP contribution >= 0.6 is 11.3 Å². The third-order valence-corrected chi connectivity index (χ3v) is 5.01. The van der Waals surface area contributed by atoms with Gasteiger partial charge < -0.3 is 9.64 Å². The molecule has 2 aromatic rings. The predicted octanol–water partition coefficient (Wildman–Crippen LogP) is 1.71. The fraction of sp³-hybridized carbons (Fsp3) is 0.600.